The highest BCUT2D eigenvalue weighted by Crippen LogP contribution is 2.34. The van der Waals surface area contributed by atoms with E-state index in [2.05, 4.69) is 27.6 Å². The Kier molecular flexibility index (Phi) is 2.62. The predicted molar refractivity (Wildman–Crippen MR) is 64.9 cm³/mol. The Morgan fingerprint density at radius 3 is 3.11 bits per heavy atom. The van der Waals surface area contributed by atoms with Crippen LogP contribution < -0.4 is 5.32 Å². The molecule has 0 aromatic carbocycles. The topological polar surface area (TPSA) is 80.0 Å². The van der Waals surface area contributed by atoms with E-state index >= 15 is 0 Å². The van der Waals surface area contributed by atoms with Gasteiger partial charge in [-0.05, 0) is 31.3 Å². The molecule has 6 heteroatoms. The molecule has 0 saturated heterocycles. The van der Waals surface area contributed by atoms with Crippen LogP contribution in [0.1, 0.15) is 25.3 Å². The number of carboxylic acids is 1. The van der Waals surface area contributed by atoms with Crippen LogP contribution in [0.15, 0.2) is 30.3 Å². The van der Waals surface area contributed by atoms with Gasteiger partial charge >= 0.3 is 5.97 Å². The van der Waals surface area contributed by atoms with Crippen LogP contribution in [0, 0.1) is 5.92 Å². The average molecular weight is 246 g/mol. The van der Waals surface area contributed by atoms with Gasteiger partial charge in [-0.2, -0.15) is 10.1 Å². The molecule has 1 aliphatic carbocycles. The average Bonchev–Trinajstić information content (AvgIpc) is 2.86. The fourth-order valence-corrected chi connectivity index (χ4v) is 2.55. The number of aromatic nitrogens is 3. The number of carbonyl (C=O) groups is 1. The molecular weight excluding hydrogens is 232 g/mol. The van der Waals surface area contributed by atoms with E-state index < -0.39 is 5.97 Å². The molecule has 18 heavy (non-hydrogen) atoms. The molecule has 0 fully saturated rings. The number of carboxylic acid groups (broad SMARTS) is 1. The zero-order valence-electron chi connectivity index (χ0n) is 9.78. The van der Waals surface area contributed by atoms with Crippen LogP contribution in [0.2, 0.25) is 0 Å². The van der Waals surface area contributed by atoms with E-state index in [1.807, 2.05) is 0 Å². The zero-order chi connectivity index (χ0) is 12.5. The quantitative estimate of drug-likeness (QED) is 0.774. The molecule has 2 aliphatic rings. The smallest absolute Gasteiger partial charge is 0.352 e. The highest BCUT2D eigenvalue weighted by molar-refractivity contribution is 5.90. The number of hydrogen-bond acceptors (Lipinski definition) is 4. The van der Waals surface area contributed by atoms with Crippen LogP contribution >= 0.6 is 0 Å². The van der Waals surface area contributed by atoms with Crippen LogP contribution in [0.3, 0.4) is 0 Å². The summed E-state index contributed by atoms with van der Waals surface area (Å²) in [5.41, 5.74) is 0.190. The van der Waals surface area contributed by atoms with Gasteiger partial charge in [-0.25, -0.2) is 9.48 Å². The van der Waals surface area contributed by atoms with E-state index in [-0.39, 0.29) is 11.7 Å². The summed E-state index contributed by atoms with van der Waals surface area (Å²) in [7, 11) is 0. The van der Waals surface area contributed by atoms with Crippen molar-refractivity contribution in [3.05, 3.63) is 30.3 Å². The molecule has 2 N–H and O–H groups in total. The normalized spacial score (nSPS) is 26.1. The lowest BCUT2D eigenvalue weighted by Gasteiger charge is -2.29. The molecule has 2 unspecified atom stereocenters. The van der Waals surface area contributed by atoms with Crippen molar-refractivity contribution in [1.29, 1.82) is 0 Å². The van der Waals surface area contributed by atoms with Gasteiger partial charge in [0.2, 0.25) is 5.95 Å². The van der Waals surface area contributed by atoms with Crippen LogP contribution in [0.25, 0.3) is 0 Å². The Morgan fingerprint density at radius 1 is 1.50 bits per heavy atom. The lowest BCUT2D eigenvalue weighted by molar-refractivity contribution is -0.132. The molecule has 2 heterocycles. The maximum absolute atomic E-state index is 11.1. The van der Waals surface area contributed by atoms with Crippen LogP contribution in [-0.2, 0) is 4.79 Å². The molecule has 0 bridgehead atoms. The molecular formula is C12H14N4O2. The van der Waals surface area contributed by atoms with Crippen molar-refractivity contribution in [2.75, 3.05) is 5.32 Å². The molecule has 0 amide bonds. The van der Waals surface area contributed by atoms with Crippen molar-refractivity contribution in [3.63, 3.8) is 0 Å². The lowest BCUT2D eigenvalue weighted by Crippen LogP contribution is -2.28. The Hall–Kier alpha value is -2.11. The Labute approximate surface area is 104 Å². The second-order valence-corrected chi connectivity index (χ2v) is 4.57. The van der Waals surface area contributed by atoms with Crippen molar-refractivity contribution in [3.8, 4) is 0 Å². The van der Waals surface area contributed by atoms with Crippen LogP contribution in [-0.4, -0.2) is 25.8 Å². The van der Waals surface area contributed by atoms with Gasteiger partial charge in [-0.1, -0.05) is 12.2 Å². The molecule has 1 aliphatic heterocycles. The van der Waals surface area contributed by atoms with Crippen LogP contribution in [0.5, 0.6) is 0 Å². The number of fused-ring (bicyclic) bond motifs is 1. The minimum absolute atomic E-state index is 0.0280. The third kappa shape index (κ3) is 1.79. The molecule has 94 valence electrons. The highest BCUT2D eigenvalue weighted by atomic mass is 16.4. The summed E-state index contributed by atoms with van der Waals surface area (Å²) < 4.78 is 1.77. The molecule has 2 atom stereocenters. The van der Waals surface area contributed by atoms with Gasteiger partial charge in [0, 0.05) is 0 Å². The van der Waals surface area contributed by atoms with Gasteiger partial charge in [-0.15, -0.1) is 0 Å². The summed E-state index contributed by atoms with van der Waals surface area (Å²) in [6.07, 6.45) is 10.6. The van der Waals surface area contributed by atoms with Crippen molar-refractivity contribution < 1.29 is 9.90 Å². The van der Waals surface area contributed by atoms with Crippen molar-refractivity contribution in [2.24, 2.45) is 5.92 Å². The number of allylic oxidation sites excluding steroid dienone is 3. The molecule has 0 saturated carbocycles. The Morgan fingerprint density at radius 2 is 2.39 bits per heavy atom. The molecule has 3 rings (SSSR count). The highest BCUT2D eigenvalue weighted by Gasteiger charge is 2.30. The summed E-state index contributed by atoms with van der Waals surface area (Å²) in [5, 5.41) is 16.1. The van der Waals surface area contributed by atoms with E-state index in [0.717, 1.165) is 19.3 Å². The van der Waals surface area contributed by atoms with Crippen molar-refractivity contribution in [1.82, 2.24) is 14.8 Å². The Bertz CT molecular complexity index is 532. The Balaban J connectivity index is 1.96. The molecule has 1 aromatic rings. The van der Waals surface area contributed by atoms with E-state index in [9.17, 15) is 4.79 Å². The third-order valence-corrected chi connectivity index (χ3v) is 3.46. The SMILES string of the molecule is O=C(O)C1=CC(C2CC=CCC2)n2ncnc2N1. The first kappa shape index (κ1) is 11.0. The largest absolute Gasteiger partial charge is 0.477 e. The summed E-state index contributed by atoms with van der Waals surface area (Å²) in [6.45, 7) is 0. The summed E-state index contributed by atoms with van der Waals surface area (Å²) in [5.74, 6) is -0.0676. The first-order valence-corrected chi connectivity index (χ1v) is 6.02. The second-order valence-electron chi connectivity index (χ2n) is 4.57. The summed E-state index contributed by atoms with van der Waals surface area (Å²) in [6, 6.07) is -0.0280. The monoisotopic (exact) mass is 246 g/mol. The molecule has 0 spiro atoms. The fraction of sp³-hybridized carbons (Fsp3) is 0.417. The van der Waals surface area contributed by atoms with Gasteiger partial charge in [0.1, 0.15) is 12.0 Å². The maximum atomic E-state index is 11.1. The third-order valence-electron chi connectivity index (χ3n) is 3.46. The minimum atomic E-state index is -0.958. The number of nitrogens with one attached hydrogen (secondary N) is 1. The minimum Gasteiger partial charge on any atom is -0.477 e. The second kappa shape index (κ2) is 4.29. The predicted octanol–water partition coefficient (Wildman–Crippen LogP) is 1.57. The van der Waals surface area contributed by atoms with Crippen molar-refractivity contribution in [2.45, 2.75) is 25.3 Å². The summed E-state index contributed by atoms with van der Waals surface area (Å²) >= 11 is 0. The first-order chi connectivity index (χ1) is 8.75. The number of nitrogens with zero attached hydrogens (tertiary/aromatic N) is 3. The van der Waals surface area contributed by atoms with E-state index in [4.69, 9.17) is 5.11 Å². The standard InChI is InChI=1S/C12H14N4O2/c17-11(18)9-6-10(8-4-2-1-3-5-8)16-12(15-9)13-7-14-16/h1-2,6-8,10H,3-5H2,(H,17,18)(H,13,14,15). The summed E-state index contributed by atoms with van der Waals surface area (Å²) in [4.78, 5) is 15.2. The van der Waals surface area contributed by atoms with E-state index in [1.54, 1.807) is 10.8 Å². The maximum Gasteiger partial charge on any atom is 0.352 e. The van der Waals surface area contributed by atoms with E-state index in [0.29, 0.717) is 11.9 Å². The lowest BCUT2D eigenvalue weighted by atomic mass is 9.87. The van der Waals surface area contributed by atoms with Crippen LogP contribution in [0.4, 0.5) is 5.95 Å². The zero-order valence-corrected chi connectivity index (χ0v) is 9.78. The molecule has 1 aromatic heterocycles. The van der Waals surface area contributed by atoms with Gasteiger partial charge in [0.25, 0.3) is 0 Å². The fourth-order valence-electron chi connectivity index (χ4n) is 2.55. The van der Waals surface area contributed by atoms with Gasteiger partial charge in [0.05, 0.1) is 6.04 Å². The van der Waals surface area contributed by atoms with Gasteiger partial charge in [0.15, 0.2) is 0 Å². The molecule has 6 nitrogen and oxygen atoms in total. The van der Waals surface area contributed by atoms with E-state index in [1.165, 1.54) is 6.33 Å². The first-order valence-electron chi connectivity index (χ1n) is 6.02. The number of aliphatic carboxylic acids is 1. The molecule has 0 radical (unpaired) electrons. The number of rotatable bonds is 2. The number of hydrogen-bond donors (Lipinski definition) is 2. The van der Waals surface area contributed by atoms with Gasteiger partial charge < -0.3 is 10.4 Å². The van der Waals surface area contributed by atoms with Crippen molar-refractivity contribution >= 4 is 11.9 Å². The van der Waals surface area contributed by atoms with Gasteiger partial charge in [-0.3, -0.25) is 0 Å². The number of anilines is 1.